The molecule has 0 bridgehead atoms. The molecule has 33 heavy (non-hydrogen) atoms. The highest BCUT2D eigenvalue weighted by molar-refractivity contribution is 9.10. The average Bonchev–Trinajstić information content (AvgIpc) is 2.82. The maximum absolute atomic E-state index is 12.9. The van der Waals surface area contributed by atoms with Crippen molar-refractivity contribution in [2.75, 3.05) is 20.3 Å². The van der Waals surface area contributed by atoms with Crippen LogP contribution < -0.4 is 5.32 Å². The van der Waals surface area contributed by atoms with Gasteiger partial charge in [0.25, 0.3) is 0 Å². The minimum atomic E-state index is -3.57. The third kappa shape index (κ3) is 8.36. The summed E-state index contributed by atoms with van der Waals surface area (Å²) in [5.74, 6) is 0.00735. The predicted molar refractivity (Wildman–Crippen MR) is 139 cm³/mol. The molecule has 6 heteroatoms. The van der Waals surface area contributed by atoms with Gasteiger partial charge in [-0.2, -0.15) is 0 Å². The summed E-state index contributed by atoms with van der Waals surface area (Å²) >= 11 is 3.33. The van der Waals surface area contributed by atoms with Gasteiger partial charge in [-0.15, -0.1) is 0 Å². The first kappa shape index (κ1) is 27.2. The average molecular weight is 535 g/mol. The van der Waals surface area contributed by atoms with Crippen molar-refractivity contribution in [2.45, 2.75) is 48.3 Å². The molecule has 1 atom stereocenters. The molecule has 178 valence electrons. The van der Waals surface area contributed by atoms with Crippen LogP contribution in [0.15, 0.2) is 98.7 Å². The van der Waals surface area contributed by atoms with Gasteiger partial charge in [-0.25, -0.2) is 12.8 Å². The number of alkyl halides is 1. The van der Waals surface area contributed by atoms with Crippen LogP contribution in [0.4, 0.5) is 4.39 Å². The lowest BCUT2D eigenvalue weighted by Crippen LogP contribution is -2.06. The molecule has 2 aromatic carbocycles. The van der Waals surface area contributed by atoms with Crippen molar-refractivity contribution in [3.8, 4) is 0 Å². The molecule has 0 amide bonds. The first-order valence-corrected chi connectivity index (χ1v) is 13.4. The van der Waals surface area contributed by atoms with Gasteiger partial charge in [-0.05, 0) is 86.0 Å². The summed E-state index contributed by atoms with van der Waals surface area (Å²) in [4.78, 5) is 0.519. The van der Waals surface area contributed by atoms with Crippen LogP contribution in [0.2, 0.25) is 0 Å². The zero-order valence-corrected chi connectivity index (χ0v) is 21.8. The highest BCUT2D eigenvalue weighted by Gasteiger charge is 2.18. The maximum atomic E-state index is 12.9. The van der Waals surface area contributed by atoms with Crippen LogP contribution in [0.25, 0.3) is 0 Å². The molecular formula is C27H33BrFNO2S. The van der Waals surface area contributed by atoms with Gasteiger partial charge in [0, 0.05) is 10.4 Å². The number of nitrogens with one attached hydrogen (secondary N) is 1. The second kappa shape index (κ2) is 13.6. The number of rotatable bonds is 13. The minimum absolute atomic E-state index is 0.00735. The van der Waals surface area contributed by atoms with E-state index < -0.39 is 16.5 Å². The fraction of sp³-hybridized carbons (Fsp3) is 0.333. The molecule has 0 aromatic heterocycles. The van der Waals surface area contributed by atoms with Crippen molar-refractivity contribution in [3.05, 3.63) is 94.5 Å². The molecule has 2 rings (SSSR count). The van der Waals surface area contributed by atoms with Crippen LogP contribution in [0, 0.1) is 0 Å². The van der Waals surface area contributed by atoms with Crippen molar-refractivity contribution in [1.82, 2.24) is 5.32 Å². The standard InChI is InChI=1S/C27H33BrFNO2S/c1-21(8-9-23(18-19-29)7-5-4-6-20-30-3)22(2)24-10-14-26(15-11-24)33(31,32)27-16-12-25(28)13-17-27/h8-18,22,30H,1,4-7,19-20H2,2-3H3/b9-8-,23-18-. The van der Waals surface area contributed by atoms with Crippen LogP contribution >= 0.6 is 15.9 Å². The lowest BCUT2D eigenvalue weighted by atomic mass is 9.93. The van der Waals surface area contributed by atoms with E-state index in [1.165, 1.54) is 0 Å². The summed E-state index contributed by atoms with van der Waals surface area (Å²) < 4.78 is 39.5. The Kier molecular flexibility index (Phi) is 11.2. The largest absolute Gasteiger partial charge is 0.320 e. The smallest absolute Gasteiger partial charge is 0.206 e. The lowest BCUT2D eigenvalue weighted by Gasteiger charge is -2.14. The van der Waals surface area contributed by atoms with Crippen LogP contribution in [0.5, 0.6) is 0 Å². The van der Waals surface area contributed by atoms with E-state index in [4.69, 9.17) is 0 Å². The van der Waals surface area contributed by atoms with Gasteiger partial charge in [0.2, 0.25) is 9.84 Å². The Labute approximate surface area is 206 Å². The van der Waals surface area contributed by atoms with E-state index >= 15 is 0 Å². The molecule has 2 aromatic rings. The summed E-state index contributed by atoms with van der Waals surface area (Å²) in [6.45, 7) is 6.72. The van der Waals surface area contributed by atoms with Crippen molar-refractivity contribution in [3.63, 3.8) is 0 Å². The second-order valence-electron chi connectivity index (χ2n) is 8.00. The van der Waals surface area contributed by atoms with E-state index in [1.807, 2.05) is 38.3 Å². The van der Waals surface area contributed by atoms with Gasteiger partial charge in [0.1, 0.15) is 6.67 Å². The van der Waals surface area contributed by atoms with Gasteiger partial charge < -0.3 is 5.32 Å². The van der Waals surface area contributed by atoms with E-state index in [9.17, 15) is 12.8 Å². The van der Waals surface area contributed by atoms with Crippen LogP contribution in [-0.4, -0.2) is 28.7 Å². The Balaban J connectivity index is 2.04. The summed E-state index contributed by atoms with van der Waals surface area (Å²) in [5.41, 5.74) is 2.84. The molecule has 1 unspecified atom stereocenters. The summed E-state index contributed by atoms with van der Waals surface area (Å²) in [7, 11) is -1.62. The predicted octanol–water partition coefficient (Wildman–Crippen LogP) is 7.17. The number of benzene rings is 2. The van der Waals surface area contributed by atoms with Crippen LogP contribution in [-0.2, 0) is 9.84 Å². The molecule has 0 radical (unpaired) electrons. The molecule has 0 aliphatic carbocycles. The number of halogens is 2. The monoisotopic (exact) mass is 533 g/mol. The quantitative estimate of drug-likeness (QED) is 0.219. The highest BCUT2D eigenvalue weighted by atomic mass is 79.9. The van der Waals surface area contributed by atoms with Crippen LogP contribution in [0.3, 0.4) is 0 Å². The lowest BCUT2D eigenvalue weighted by molar-refractivity contribution is 0.558. The first-order valence-electron chi connectivity index (χ1n) is 11.2. The zero-order chi connectivity index (χ0) is 24.3. The topological polar surface area (TPSA) is 46.2 Å². The number of hydrogen-bond acceptors (Lipinski definition) is 3. The first-order chi connectivity index (χ1) is 15.8. The Morgan fingerprint density at radius 2 is 1.64 bits per heavy atom. The normalized spacial score (nSPS) is 13.4. The number of sulfone groups is 1. The molecular weight excluding hydrogens is 501 g/mol. The van der Waals surface area contributed by atoms with Gasteiger partial charge in [-0.1, -0.05) is 66.2 Å². The Morgan fingerprint density at radius 3 is 2.21 bits per heavy atom. The van der Waals surface area contributed by atoms with Crippen molar-refractivity contribution < 1.29 is 12.8 Å². The molecule has 0 aliphatic rings. The number of hydrogen-bond donors (Lipinski definition) is 1. The summed E-state index contributed by atoms with van der Waals surface area (Å²) in [5, 5.41) is 3.14. The minimum Gasteiger partial charge on any atom is -0.320 e. The molecule has 3 nitrogen and oxygen atoms in total. The van der Waals surface area contributed by atoms with E-state index in [0.29, 0.717) is 0 Å². The Bertz CT molecular complexity index is 1060. The van der Waals surface area contributed by atoms with Gasteiger partial charge in [-0.3, -0.25) is 0 Å². The fourth-order valence-corrected chi connectivity index (χ4v) is 4.94. The van der Waals surface area contributed by atoms with E-state index in [2.05, 4.69) is 27.8 Å². The third-order valence-electron chi connectivity index (χ3n) is 5.61. The van der Waals surface area contributed by atoms with Crippen LogP contribution in [0.1, 0.15) is 44.1 Å². The SMILES string of the molecule is C=C(/C=C\C(=C/CF)CCCCCNC)C(C)c1ccc(S(=O)(=O)c2ccc(Br)cc2)cc1. The van der Waals surface area contributed by atoms with Gasteiger partial charge in [0.15, 0.2) is 0 Å². The second-order valence-corrected chi connectivity index (χ2v) is 10.9. The molecule has 0 saturated heterocycles. The third-order valence-corrected chi connectivity index (χ3v) is 7.93. The zero-order valence-electron chi connectivity index (χ0n) is 19.4. The van der Waals surface area contributed by atoms with Crippen molar-refractivity contribution in [2.24, 2.45) is 0 Å². The van der Waals surface area contributed by atoms with E-state index in [-0.39, 0.29) is 15.7 Å². The number of unbranched alkanes of at least 4 members (excludes halogenated alkanes) is 2. The summed E-state index contributed by atoms with van der Waals surface area (Å²) in [6.07, 6.45) is 9.58. The molecule has 0 aliphatic heterocycles. The molecule has 0 saturated carbocycles. The van der Waals surface area contributed by atoms with Crippen molar-refractivity contribution >= 4 is 25.8 Å². The van der Waals surface area contributed by atoms with Gasteiger partial charge >= 0.3 is 0 Å². The molecule has 0 heterocycles. The molecule has 0 spiro atoms. The maximum Gasteiger partial charge on any atom is 0.206 e. The van der Waals surface area contributed by atoms with E-state index in [0.717, 1.165) is 53.4 Å². The van der Waals surface area contributed by atoms with Crippen molar-refractivity contribution in [1.29, 1.82) is 0 Å². The number of allylic oxidation sites excluding steroid dienone is 5. The van der Waals surface area contributed by atoms with Gasteiger partial charge in [0.05, 0.1) is 9.79 Å². The summed E-state index contributed by atoms with van der Waals surface area (Å²) in [6, 6.07) is 13.5. The highest BCUT2D eigenvalue weighted by Crippen LogP contribution is 2.28. The Hall–Kier alpha value is -2.02. The molecule has 0 fully saturated rings. The fourth-order valence-electron chi connectivity index (χ4n) is 3.42. The van der Waals surface area contributed by atoms with E-state index in [1.54, 1.807) is 42.5 Å². The Morgan fingerprint density at radius 1 is 1.03 bits per heavy atom. The molecule has 1 N–H and O–H groups in total.